The van der Waals surface area contributed by atoms with Crippen molar-refractivity contribution in [2.45, 2.75) is 0 Å². The molecule has 0 fully saturated rings. The first-order valence-electron chi connectivity index (χ1n) is 1.97. The second-order valence-corrected chi connectivity index (χ2v) is 1.18. The van der Waals surface area contributed by atoms with Crippen molar-refractivity contribution in [2.24, 2.45) is 0 Å². The van der Waals surface area contributed by atoms with E-state index >= 15 is 0 Å². The van der Waals surface area contributed by atoms with Crippen LogP contribution in [0.1, 0.15) is 0 Å². The number of hydrogen-bond acceptors (Lipinski definition) is 2. The summed E-state index contributed by atoms with van der Waals surface area (Å²) in [4.78, 5) is 6.50. The van der Waals surface area contributed by atoms with Crippen LogP contribution in [0.5, 0.6) is 0 Å². The van der Waals surface area contributed by atoms with Crippen LogP contribution >= 0.6 is 0 Å². The lowest BCUT2D eigenvalue weighted by molar-refractivity contribution is -0.377. The summed E-state index contributed by atoms with van der Waals surface area (Å²) in [6, 6.07) is 0. The van der Waals surface area contributed by atoms with Gasteiger partial charge in [0.1, 0.15) is 0 Å². The summed E-state index contributed by atoms with van der Waals surface area (Å²) in [5.74, 6) is 0.516. The summed E-state index contributed by atoms with van der Waals surface area (Å²) in [6.07, 6.45) is 4.94. The molecule has 4 heteroatoms. The number of halogens is 1. The lowest BCUT2D eigenvalue weighted by atomic mass is 10.7. The molecule has 0 aromatic carbocycles. The fourth-order valence-corrected chi connectivity index (χ4v) is 0.337. The molecular weight excluding hydrogens is 126 g/mol. The number of nitrogen functional groups attached to an aromatic ring is 1. The van der Waals surface area contributed by atoms with Gasteiger partial charge < -0.3 is 18.1 Å². The maximum atomic E-state index is 5.22. The fourth-order valence-electron chi connectivity index (χ4n) is 0.337. The summed E-state index contributed by atoms with van der Waals surface area (Å²) in [7, 11) is 0. The van der Waals surface area contributed by atoms with E-state index in [2.05, 4.69) is 9.97 Å². The Hall–Kier alpha value is -0.830. The van der Waals surface area contributed by atoms with E-state index < -0.39 is 0 Å². The molecule has 44 valence electrons. The van der Waals surface area contributed by atoms with Crippen LogP contribution in [-0.4, -0.2) is 4.98 Å². The molecule has 0 saturated carbocycles. The van der Waals surface area contributed by atoms with Crippen LogP contribution in [-0.2, 0) is 0 Å². The molecule has 0 amide bonds. The molecule has 0 saturated heterocycles. The molecule has 0 spiro atoms. The quantitative estimate of drug-likeness (QED) is 0.397. The molecule has 0 atom stereocenters. The molecule has 0 aliphatic rings. The third kappa shape index (κ3) is 1.75. The van der Waals surface area contributed by atoms with Crippen LogP contribution in [0.3, 0.4) is 0 Å². The van der Waals surface area contributed by atoms with E-state index in [4.69, 9.17) is 5.73 Å². The van der Waals surface area contributed by atoms with Crippen molar-refractivity contribution in [3.63, 3.8) is 0 Å². The van der Waals surface area contributed by atoms with Gasteiger partial charge in [-0.1, -0.05) is 0 Å². The predicted octanol–water partition coefficient (Wildman–Crippen LogP) is -3.52. The van der Waals surface area contributed by atoms with Gasteiger partial charge >= 0.3 is 0 Å². The van der Waals surface area contributed by atoms with Crippen molar-refractivity contribution in [2.75, 3.05) is 5.73 Å². The Bertz CT molecular complexity index is 141. The molecule has 0 radical (unpaired) electrons. The maximum absolute atomic E-state index is 5.22. The number of nitrogens with one attached hydrogen (secondary N) is 1. The van der Waals surface area contributed by atoms with Gasteiger partial charge in [-0.05, 0) is 0 Å². The topological polar surface area (TPSA) is 53.0 Å². The first-order chi connectivity index (χ1) is 3.39. The Morgan fingerprint density at radius 3 is 2.62 bits per heavy atom. The highest BCUT2D eigenvalue weighted by Gasteiger charge is 1.81. The Kier molecular flexibility index (Phi) is 2.88. The first kappa shape index (κ1) is 7.17. The highest BCUT2D eigenvalue weighted by atomic mass is 35.5. The summed E-state index contributed by atoms with van der Waals surface area (Å²) >= 11 is 0. The van der Waals surface area contributed by atoms with Crippen molar-refractivity contribution in [3.8, 4) is 0 Å². The zero-order valence-electron chi connectivity index (χ0n) is 4.13. The number of H-pyrrole nitrogens is 1. The average Bonchev–Trinajstić information content (AvgIpc) is 1.69. The molecule has 0 bridgehead atoms. The minimum Gasteiger partial charge on any atom is -1.00 e. The number of aromatic nitrogens is 2. The number of aromatic amines is 1. The summed E-state index contributed by atoms with van der Waals surface area (Å²) < 4.78 is 0. The fraction of sp³-hybridized carbons (Fsp3) is 0. The standard InChI is InChI=1S/C4H5N3.ClH/c5-4-3-6-1-2-7-4;/h1-3H,(H2,5,7);1H. The smallest absolute Gasteiger partial charge is 0.209 e. The number of anilines is 1. The van der Waals surface area contributed by atoms with E-state index in [1.54, 1.807) is 18.6 Å². The average molecular weight is 132 g/mol. The lowest BCUT2D eigenvalue weighted by Crippen LogP contribution is -3.00. The van der Waals surface area contributed by atoms with Crippen LogP contribution in [0.4, 0.5) is 5.82 Å². The van der Waals surface area contributed by atoms with Crippen LogP contribution in [0.15, 0.2) is 18.6 Å². The lowest BCUT2D eigenvalue weighted by Gasteiger charge is -1.77. The van der Waals surface area contributed by atoms with Crippen LogP contribution in [0, 0.1) is 0 Å². The van der Waals surface area contributed by atoms with Crippen molar-refractivity contribution in [1.82, 2.24) is 4.98 Å². The van der Waals surface area contributed by atoms with E-state index in [9.17, 15) is 0 Å². The van der Waals surface area contributed by atoms with Crippen LogP contribution < -0.4 is 23.1 Å². The van der Waals surface area contributed by atoms with Gasteiger partial charge in [-0.15, -0.1) is 0 Å². The number of nitrogens with zero attached hydrogens (tertiary/aromatic N) is 1. The van der Waals surface area contributed by atoms with Crippen molar-refractivity contribution in [3.05, 3.63) is 18.6 Å². The van der Waals surface area contributed by atoms with Gasteiger partial charge in [-0.25, -0.2) is 9.97 Å². The molecule has 1 rings (SSSR count). The zero-order valence-corrected chi connectivity index (χ0v) is 4.89. The SMILES string of the molecule is Nc1c[nH+]ccn1.[Cl-]. The number of nitrogens with two attached hydrogens (primary N) is 1. The Morgan fingerprint density at radius 2 is 2.38 bits per heavy atom. The summed E-state index contributed by atoms with van der Waals surface area (Å²) in [5, 5.41) is 0. The van der Waals surface area contributed by atoms with Gasteiger partial charge in [-0.2, -0.15) is 0 Å². The number of hydrogen-bond donors (Lipinski definition) is 1. The first-order valence-corrected chi connectivity index (χ1v) is 1.97. The van der Waals surface area contributed by atoms with Crippen molar-refractivity contribution >= 4 is 5.82 Å². The van der Waals surface area contributed by atoms with E-state index in [-0.39, 0.29) is 12.4 Å². The third-order valence-corrected chi connectivity index (χ3v) is 0.626. The Labute approximate surface area is 53.4 Å². The van der Waals surface area contributed by atoms with E-state index in [0.717, 1.165) is 0 Å². The van der Waals surface area contributed by atoms with Gasteiger partial charge in [0, 0.05) is 0 Å². The molecule has 0 unspecified atom stereocenters. The predicted molar refractivity (Wildman–Crippen MR) is 25.2 cm³/mol. The molecule has 1 aromatic rings. The van der Waals surface area contributed by atoms with Gasteiger partial charge in [0.15, 0.2) is 12.0 Å². The van der Waals surface area contributed by atoms with E-state index in [1.807, 2.05) is 0 Å². The maximum Gasteiger partial charge on any atom is 0.209 e. The minimum absolute atomic E-state index is 0. The second kappa shape index (κ2) is 3.21. The highest BCUT2D eigenvalue weighted by molar-refractivity contribution is 5.17. The zero-order chi connectivity index (χ0) is 5.11. The van der Waals surface area contributed by atoms with Gasteiger partial charge in [0.2, 0.25) is 6.20 Å². The molecular formula is C4H6ClN3. The van der Waals surface area contributed by atoms with Crippen molar-refractivity contribution < 1.29 is 17.4 Å². The molecule has 3 N–H and O–H groups in total. The monoisotopic (exact) mass is 131 g/mol. The normalized spacial score (nSPS) is 7.50. The summed E-state index contributed by atoms with van der Waals surface area (Å²) in [6.45, 7) is 0. The molecule has 8 heavy (non-hydrogen) atoms. The Balaban J connectivity index is 0.000000490. The van der Waals surface area contributed by atoms with E-state index in [1.165, 1.54) is 0 Å². The van der Waals surface area contributed by atoms with Gasteiger partial charge in [0.05, 0.1) is 6.20 Å². The third-order valence-electron chi connectivity index (χ3n) is 0.626. The molecule has 0 aliphatic carbocycles. The van der Waals surface area contributed by atoms with Crippen LogP contribution in [0.2, 0.25) is 0 Å². The number of rotatable bonds is 0. The van der Waals surface area contributed by atoms with Gasteiger partial charge in [-0.3, -0.25) is 0 Å². The molecule has 1 heterocycles. The second-order valence-electron chi connectivity index (χ2n) is 1.18. The van der Waals surface area contributed by atoms with Gasteiger partial charge in [0.25, 0.3) is 0 Å². The molecule has 0 aliphatic heterocycles. The largest absolute Gasteiger partial charge is 1.00 e. The Morgan fingerprint density at radius 1 is 1.62 bits per heavy atom. The molecule has 3 nitrogen and oxygen atoms in total. The molecule has 1 aromatic heterocycles. The van der Waals surface area contributed by atoms with E-state index in [0.29, 0.717) is 5.82 Å². The minimum atomic E-state index is 0. The highest BCUT2D eigenvalue weighted by Crippen LogP contribution is 1.80. The van der Waals surface area contributed by atoms with Crippen LogP contribution in [0.25, 0.3) is 0 Å². The van der Waals surface area contributed by atoms with Crippen molar-refractivity contribution in [1.29, 1.82) is 0 Å². The summed E-state index contributed by atoms with van der Waals surface area (Å²) in [5.41, 5.74) is 5.22.